The van der Waals surface area contributed by atoms with E-state index in [0.717, 1.165) is 26.7 Å². The molecule has 0 fully saturated rings. The zero-order valence-corrected chi connectivity index (χ0v) is 17.9. The van der Waals surface area contributed by atoms with Crippen LogP contribution in [0.3, 0.4) is 0 Å². The third-order valence-electron chi connectivity index (χ3n) is 4.33. The molecule has 1 heterocycles. The van der Waals surface area contributed by atoms with E-state index in [1.165, 1.54) is 6.26 Å². The van der Waals surface area contributed by atoms with Crippen molar-refractivity contribution in [1.29, 1.82) is 0 Å². The molecule has 4 rings (SSSR count). The Labute approximate surface area is 179 Å². The number of benzene rings is 3. The first kappa shape index (κ1) is 19.8. The van der Waals surface area contributed by atoms with Gasteiger partial charge in [-0.25, -0.2) is 13.1 Å². The maximum Gasteiger partial charge on any atom is 0.175 e. The molecule has 4 aromatic rings. The number of sulfone groups is 1. The van der Waals surface area contributed by atoms with E-state index in [4.69, 9.17) is 11.6 Å². The summed E-state index contributed by atoms with van der Waals surface area (Å²) < 4.78 is 25.5. The topological polar surface area (TPSA) is 52.0 Å². The molecule has 0 atom stereocenters. The Kier molecular flexibility index (Phi) is 5.50. The molecule has 1 aromatic heterocycles. The van der Waals surface area contributed by atoms with Crippen LogP contribution in [0.25, 0.3) is 16.9 Å². The molecule has 0 saturated carbocycles. The van der Waals surface area contributed by atoms with Crippen LogP contribution in [0, 0.1) is 0 Å². The molecule has 0 radical (unpaired) electrons. The molecule has 4 nitrogen and oxygen atoms in total. The molecule has 29 heavy (non-hydrogen) atoms. The van der Waals surface area contributed by atoms with Gasteiger partial charge in [-0.1, -0.05) is 53.7 Å². The van der Waals surface area contributed by atoms with Crippen LogP contribution in [0.4, 0.5) is 0 Å². The van der Waals surface area contributed by atoms with Gasteiger partial charge in [-0.05, 0) is 48.5 Å². The second kappa shape index (κ2) is 8.06. The zero-order valence-electron chi connectivity index (χ0n) is 15.5. The Balaban J connectivity index is 1.82. The van der Waals surface area contributed by atoms with E-state index in [0.29, 0.717) is 9.92 Å². The van der Waals surface area contributed by atoms with E-state index in [1.54, 1.807) is 23.9 Å². The van der Waals surface area contributed by atoms with Crippen molar-refractivity contribution in [3.63, 3.8) is 0 Å². The summed E-state index contributed by atoms with van der Waals surface area (Å²) in [6.07, 6.45) is 3.03. The molecule has 0 aliphatic heterocycles. The Morgan fingerprint density at radius 1 is 0.897 bits per heavy atom. The number of hydrogen-bond donors (Lipinski definition) is 0. The maximum atomic E-state index is 11.8. The number of para-hydroxylation sites is 1. The van der Waals surface area contributed by atoms with E-state index in [2.05, 4.69) is 5.10 Å². The van der Waals surface area contributed by atoms with Crippen LogP contribution in [0.2, 0.25) is 5.02 Å². The second-order valence-corrected chi connectivity index (χ2v) is 10.0. The molecule has 0 aliphatic rings. The highest BCUT2D eigenvalue weighted by molar-refractivity contribution is 7.99. The summed E-state index contributed by atoms with van der Waals surface area (Å²) in [6, 6.07) is 24.4. The summed E-state index contributed by atoms with van der Waals surface area (Å²) in [5.74, 6) is 0. The Bertz CT molecular complexity index is 1230. The third-order valence-corrected chi connectivity index (χ3v) is 6.74. The van der Waals surface area contributed by atoms with Crippen LogP contribution in [-0.2, 0) is 9.84 Å². The number of nitrogens with zero attached hydrogens (tertiary/aromatic N) is 2. The molecule has 0 saturated heterocycles. The summed E-state index contributed by atoms with van der Waals surface area (Å²) in [7, 11) is -3.25. The van der Waals surface area contributed by atoms with Gasteiger partial charge < -0.3 is 0 Å². The first-order valence-electron chi connectivity index (χ1n) is 8.79. The molecule has 0 unspecified atom stereocenters. The summed E-state index contributed by atoms with van der Waals surface area (Å²) >= 11 is 7.59. The monoisotopic (exact) mass is 440 g/mol. The minimum Gasteiger partial charge on any atom is -0.232 e. The molecular formula is C22H17ClN2O2S2. The lowest BCUT2D eigenvalue weighted by atomic mass is 10.1. The van der Waals surface area contributed by atoms with Gasteiger partial charge >= 0.3 is 0 Å². The summed E-state index contributed by atoms with van der Waals surface area (Å²) in [6.45, 7) is 0. The highest BCUT2D eigenvalue weighted by Gasteiger charge is 2.17. The van der Waals surface area contributed by atoms with Crippen LogP contribution < -0.4 is 0 Å². The van der Waals surface area contributed by atoms with Gasteiger partial charge in [0.1, 0.15) is 0 Å². The molecular weight excluding hydrogens is 424 g/mol. The fourth-order valence-electron chi connectivity index (χ4n) is 2.93. The molecule has 0 N–H and O–H groups in total. The lowest BCUT2D eigenvalue weighted by molar-refractivity contribution is 0.602. The van der Waals surface area contributed by atoms with Gasteiger partial charge in [0.25, 0.3) is 0 Å². The van der Waals surface area contributed by atoms with E-state index >= 15 is 0 Å². The van der Waals surface area contributed by atoms with Gasteiger partial charge in [0.15, 0.2) is 9.84 Å². The minimum atomic E-state index is -3.25. The van der Waals surface area contributed by atoms with E-state index in [1.807, 2.05) is 77.6 Å². The molecule has 0 spiro atoms. The second-order valence-electron chi connectivity index (χ2n) is 6.46. The number of aromatic nitrogens is 2. The van der Waals surface area contributed by atoms with Crippen molar-refractivity contribution in [2.24, 2.45) is 0 Å². The van der Waals surface area contributed by atoms with Gasteiger partial charge in [0, 0.05) is 21.7 Å². The maximum absolute atomic E-state index is 11.8. The van der Waals surface area contributed by atoms with Crippen LogP contribution in [-0.4, -0.2) is 24.5 Å². The average Bonchev–Trinajstić information content (AvgIpc) is 3.13. The average molecular weight is 441 g/mol. The summed E-state index contributed by atoms with van der Waals surface area (Å²) in [5.41, 5.74) is 2.71. The van der Waals surface area contributed by atoms with E-state index in [9.17, 15) is 8.42 Å². The highest BCUT2D eigenvalue weighted by atomic mass is 35.5. The summed E-state index contributed by atoms with van der Waals surface area (Å²) in [4.78, 5) is 2.29. The molecule has 3 aromatic carbocycles. The van der Waals surface area contributed by atoms with Gasteiger partial charge in [-0.2, -0.15) is 5.10 Å². The van der Waals surface area contributed by atoms with Crippen LogP contribution >= 0.6 is 23.4 Å². The predicted molar refractivity (Wildman–Crippen MR) is 118 cm³/mol. The fraction of sp³-hybridized carbons (Fsp3) is 0.0455. The first-order chi connectivity index (χ1) is 13.9. The van der Waals surface area contributed by atoms with Crippen LogP contribution in [0.5, 0.6) is 0 Å². The number of rotatable bonds is 5. The van der Waals surface area contributed by atoms with Crippen LogP contribution in [0.15, 0.2) is 99.7 Å². The summed E-state index contributed by atoms with van der Waals surface area (Å²) in [5, 5.41) is 5.29. The van der Waals surface area contributed by atoms with E-state index in [-0.39, 0.29) is 0 Å². The van der Waals surface area contributed by atoms with Gasteiger partial charge in [-0.3, -0.25) is 0 Å². The molecule has 7 heteroatoms. The SMILES string of the molecule is CS(=O)(=O)c1ccc(-c2c(Sc3ccc(Cl)cc3)cnn2-c2ccccc2)cc1. The van der Waals surface area contributed by atoms with E-state index < -0.39 is 9.84 Å². The predicted octanol–water partition coefficient (Wildman–Crippen LogP) is 5.75. The highest BCUT2D eigenvalue weighted by Crippen LogP contribution is 2.37. The standard InChI is InChI=1S/C22H17ClN2O2S2/c1-29(26,27)20-13-7-16(8-14-20)22-21(28-19-11-9-17(23)10-12-19)15-24-25(22)18-5-3-2-4-6-18/h2-15H,1H3. The van der Waals surface area contributed by atoms with Crippen molar-refractivity contribution >= 4 is 33.2 Å². The zero-order chi connectivity index (χ0) is 20.4. The quantitative estimate of drug-likeness (QED) is 0.396. The fourth-order valence-corrected chi connectivity index (χ4v) is 4.61. The van der Waals surface area contributed by atoms with Gasteiger partial charge in [0.2, 0.25) is 0 Å². The van der Waals surface area contributed by atoms with Crippen molar-refractivity contribution < 1.29 is 8.42 Å². The molecule has 0 bridgehead atoms. The normalized spacial score (nSPS) is 11.5. The lowest BCUT2D eigenvalue weighted by Crippen LogP contribution is -2.00. The lowest BCUT2D eigenvalue weighted by Gasteiger charge is -2.11. The van der Waals surface area contributed by atoms with Crippen molar-refractivity contribution in [1.82, 2.24) is 9.78 Å². The third kappa shape index (κ3) is 4.40. The Morgan fingerprint density at radius 2 is 1.55 bits per heavy atom. The van der Waals surface area contributed by atoms with Gasteiger partial charge in [0.05, 0.1) is 27.4 Å². The number of hydrogen-bond acceptors (Lipinski definition) is 4. The van der Waals surface area contributed by atoms with Crippen molar-refractivity contribution in [2.75, 3.05) is 6.26 Å². The number of halogens is 1. The molecule has 146 valence electrons. The van der Waals surface area contributed by atoms with Crippen molar-refractivity contribution in [3.8, 4) is 16.9 Å². The van der Waals surface area contributed by atoms with Crippen LogP contribution in [0.1, 0.15) is 0 Å². The smallest absolute Gasteiger partial charge is 0.175 e. The van der Waals surface area contributed by atoms with Crippen molar-refractivity contribution in [3.05, 3.63) is 90.1 Å². The Hall–Kier alpha value is -2.54. The molecule has 0 amide bonds. The van der Waals surface area contributed by atoms with Crippen molar-refractivity contribution in [2.45, 2.75) is 14.7 Å². The Morgan fingerprint density at radius 3 is 2.17 bits per heavy atom. The van der Waals surface area contributed by atoms with Gasteiger partial charge in [-0.15, -0.1) is 0 Å². The minimum absolute atomic E-state index is 0.291. The first-order valence-corrected chi connectivity index (χ1v) is 11.9. The largest absolute Gasteiger partial charge is 0.232 e. The molecule has 0 aliphatic carbocycles.